The summed E-state index contributed by atoms with van der Waals surface area (Å²) in [6.45, 7) is 3.54. The van der Waals surface area contributed by atoms with Crippen LogP contribution in [0.2, 0.25) is 0 Å². The molecular formula is C24H29NO3. The largest absolute Gasteiger partial charge is 0.493 e. The molecule has 1 atom stereocenters. The van der Waals surface area contributed by atoms with Crippen LogP contribution in [0.15, 0.2) is 42.5 Å². The summed E-state index contributed by atoms with van der Waals surface area (Å²) in [5, 5.41) is 0. The van der Waals surface area contributed by atoms with Gasteiger partial charge in [0.15, 0.2) is 11.5 Å². The van der Waals surface area contributed by atoms with Crippen molar-refractivity contribution in [2.45, 2.75) is 57.6 Å². The Hall–Kier alpha value is -2.49. The lowest BCUT2D eigenvalue weighted by molar-refractivity contribution is -0.128. The lowest BCUT2D eigenvalue weighted by Gasteiger charge is -2.20. The topological polar surface area (TPSA) is 38.8 Å². The zero-order valence-corrected chi connectivity index (χ0v) is 16.8. The number of aryl methyl sites for hydroxylation is 1. The number of amides is 1. The quantitative estimate of drug-likeness (QED) is 0.721. The van der Waals surface area contributed by atoms with E-state index in [1.54, 1.807) is 7.11 Å². The molecule has 4 nitrogen and oxygen atoms in total. The number of carbonyl (C=O) groups is 1. The summed E-state index contributed by atoms with van der Waals surface area (Å²) in [6, 6.07) is 14.4. The number of likely N-dealkylation sites (tertiary alicyclic amines) is 1. The summed E-state index contributed by atoms with van der Waals surface area (Å²) in [5.74, 6) is 2.02. The average molecular weight is 380 g/mol. The fourth-order valence-electron chi connectivity index (χ4n) is 4.37. The van der Waals surface area contributed by atoms with Crippen molar-refractivity contribution >= 4 is 5.91 Å². The van der Waals surface area contributed by atoms with Gasteiger partial charge in [0.1, 0.15) is 0 Å². The maximum Gasteiger partial charge on any atom is 0.223 e. The van der Waals surface area contributed by atoms with Crippen molar-refractivity contribution < 1.29 is 14.3 Å². The number of ether oxygens (including phenoxy) is 2. The van der Waals surface area contributed by atoms with Gasteiger partial charge < -0.3 is 14.4 Å². The van der Waals surface area contributed by atoms with Crippen LogP contribution in [-0.4, -0.2) is 30.6 Å². The molecule has 148 valence electrons. The van der Waals surface area contributed by atoms with E-state index in [0.29, 0.717) is 13.0 Å². The predicted molar refractivity (Wildman–Crippen MR) is 110 cm³/mol. The van der Waals surface area contributed by atoms with E-state index in [4.69, 9.17) is 9.47 Å². The highest BCUT2D eigenvalue weighted by Crippen LogP contribution is 2.37. The normalized spacial score (nSPS) is 20.0. The maximum atomic E-state index is 12.6. The van der Waals surface area contributed by atoms with Gasteiger partial charge in [-0.05, 0) is 61.4 Å². The number of nitrogens with zero attached hydrogens (tertiary/aromatic N) is 1. The van der Waals surface area contributed by atoms with Crippen LogP contribution >= 0.6 is 0 Å². The van der Waals surface area contributed by atoms with Crippen LogP contribution in [0.1, 0.15) is 54.7 Å². The van der Waals surface area contributed by atoms with Gasteiger partial charge in [-0.2, -0.15) is 0 Å². The first-order chi connectivity index (χ1) is 13.6. The molecule has 2 aliphatic rings. The molecule has 0 bridgehead atoms. The van der Waals surface area contributed by atoms with E-state index in [1.807, 2.05) is 23.1 Å². The highest BCUT2D eigenvalue weighted by Gasteiger charge is 2.31. The molecule has 1 aliphatic carbocycles. The zero-order valence-electron chi connectivity index (χ0n) is 16.8. The first kappa shape index (κ1) is 18.9. The first-order valence-corrected chi connectivity index (χ1v) is 10.3. The molecule has 1 saturated carbocycles. The van der Waals surface area contributed by atoms with Gasteiger partial charge in [-0.1, -0.05) is 30.3 Å². The first-order valence-electron chi connectivity index (χ1n) is 10.3. The molecular weight excluding hydrogens is 350 g/mol. The number of hydrogen-bond donors (Lipinski definition) is 0. The summed E-state index contributed by atoms with van der Waals surface area (Å²) in [6.07, 6.45) is 5.53. The minimum absolute atomic E-state index is 0.202. The van der Waals surface area contributed by atoms with Crippen molar-refractivity contribution in [2.75, 3.05) is 13.7 Å². The molecule has 0 N–H and O–H groups in total. The monoisotopic (exact) mass is 379 g/mol. The van der Waals surface area contributed by atoms with E-state index >= 15 is 0 Å². The van der Waals surface area contributed by atoms with Crippen LogP contribution in [0.4, 0.5) is 0 Å². The molecule has 0 aromatic heterocycles. The molecule has 1 aliphatic heterocycles. The highest BCUT2D eigenvalue weighted by molar-refractivity contribution is 5.80. The number of hydrogen-bond acceptors (Lipinski definition) is 3. The van der Waals surface area contributed by atoms with Crippen molar-refractivity contribution in [1.82, 2.24) is 4.90 Å². The van der Waals surface area contributed by atoms with Crippen LogP contribution in [0, 0.1) is 6.92 Å². The van der Waals surface area contributed by atoms with Crippen molar-refractivity contribution in [3.05, 3.63) is 59.2 Å². The Bertz CT molecular complexity index is 841. The second-order valence-corrected chi connectivity index (χ2v) is 8.04. The molecule has 28 heavy (non-hydrogen) atoms. The molecule has 1 amide bonds. The Morgan fingerprint density at radius 3 is 2.61 bits per heavy atom. The fourth-order valence-corrected chi connectivity index (χ4v) is 4.37. The average Bonchev–Trinajstić information content (AvgIpc) is 3.34. The van der Waals surface area contributed by atoms with Crippen LogP contribution in [-0.2, 0) is 11.3 Å². The van der Waals surface area contributed by atoms with Crippen LogP contribution < -0.4 is 9.47 Å². The van der Waals surface area contributed by atoms with E-state index in [-0.39, 0.29) is 17.9 Å². The van der Waals surface area contributed by atoms with E-state index < -0.39 is 0 Å². The third-order valence-corrected chi connectivity index (χ3v) is 6.09. The molecule has 1 heterocycles. The third-order valence-electron chi connectivity index (χ3n) is 6.09. The Kier molecular flexibility index (Phi) is 5.56. The minimum Gasteiger partial charge on any atom is -0.493 e. The van der Waals surface area contributed by atoms with E-state index in [2.05, 4.69) is 31.2 Å². The molecule has 4 rings (SSSR count). The van der Waals surface area contributed by atoms with Gasteiger partial charge in [-0.25, -0.2) is 0 Å². The van der Waals surface area contributed by atoms with Gasteiger partial charge in [-0.3, -0.25) is 4.79 Å². The van der Waals surface area contributed by atoms with Crippen molar-refractivity contribution in [3.8, 4) is 11.5 Å². The number of rotatable bonds is 6. The third kappa shape index (κ3) is 4.01. The van der Waals surface area contributed by atoms with Crippen molar-refractivity contribution in [2.24, 2.45) is 0 Å². The molecule has 0 radical (unpaired) electrons. The summed E-state index contributed by atoms with van der Waals surface area (Å²) >= 11 is 0. The minimum atomic E-state index is 0.202. The van der Waals surface area contributed by atoms with Gasteiger partial charge in [0.05, 0.1) is 13.2 Å². The van der Waals surface area contributed by atoms with E-state index in [1.165, 1.54) is 24.0 Å². The highest BCUT2D eigenvalue weighted by atomic mass is 16.5. The maximum absolute atomic E-state index is 12.6. The zero-order chi connectivity index (χ0) is 19.5. The predicted octanol–water partition coefficient (Wildman–Crippen LogP) is 4.84. The van der Waals surface area contributed by atoms with Gasteiger partial charge >= 0.3 is 0 Å². The number of carbonyl (C=O) groups excluding carboxylic acids is 1. The summed E-state index contributed by atoms with van der Waals surface area (Å²) < 4.78 is 11.7. The van der Waals surface area contributed by atoms with Crippen LogP contribution in [0.25, 0.3) is 0 Å². The molecule has 2 aromatic carbocycles. The smallest absolute Gasteiger partial charge is 0.223 e. The summed E-state index contributed by atoms with van der Waals surface area (Å²) in [4.78, 5) is 14.6. The second-order valence-electron chi connectivity index (χ2n) is 8.04. The standard InChI is InChI=1S/C24H29NO3/c1-17-7-3-4-8-19(17)15-25-16-20(14-24(25)26)18-11-12-22(27-2)23(13-18)28-21-9-5-6-10-21/h3-4,7-8,11-13,20-21H,5-6,9-10,14-16H2,1-2H3/t20-/m1/s1. The Morgan fingerprint density at radius 1 is 1.07 bits per heavy atom. The molecule has 0 unspecified atom stereocenters. The van der Waals surface area contributed by atoms with Gasteiger partial charge in [0.2, 0.25) is 5.91 Å². The number of benzene rings is 2. The molecule has 2 fully saturated rings. The van der Waals surface area contributed by atoms with Gasteiger partial charge in [0.25, 0.3) is 0 Å². The lowest BCUT2D eigenvalue weighted by Crippen LogP contribution is -2.24. The Balaban J connectivity index is 1.49. The summed E-state index contributed by atoms with van der Waals surface area (Å²) in [7, 11) is 1.68. The SMILES string of the molecule is COc1ccc([C@@H]2CC(=O)N(Cc3ccccc3C)C2)cc1OC1CCCC1. The van der Waals surface area contributed by atoms with Crippen molar-refractivity contribution in [3.63, 3.8) is 0 Å². The van der Waals surface area contributed by atoms with Crippen molar-refractivity contribution in [1.29, 1.82) is 0 Å². The molecule has 4 heteroatoms. The Morgan fingerprint density at radius 2 is 1.86 bits per heavy atom. The van der Waals surface area contributed by atoms with E-state index in [0.717, 1.165) is 36.4 Å². The Labute approximate surface area is 167 Å². The van der Waals surface area contributed by atoms with Gasteiger partial charge in [-0.15, -0.1) is 0 Å². The second kappa shape index (κ2) is 8.26. The van der Waals surface area contributed by atoms with Crippen LogP contribution in [0.5, 0.6) is 11.5 Å². The fraction of sp³-hybridized carbons (Fsp3) is 0.458. The van der Waals surface area contributed by atoms with E-state index in [9.17, 15) is 4.79 Å². The lowest BCUT2D eigenvalue weighted by atomic mass is 9.98. The molecule has 0 spiro atoms. The summed E-state index contributed by atoms with van der Waals surface area (Å²) in [5.41, 5.74) is 3.61. The molecule has 2 aromatic rings. The van der Waals surface area contributed by atoms with Crippen LogP contribution in [0.3, 0.4) is 0 Å². The van der Waals surface area contributed by atoms with Gasteiger partial charge in [0, 0.05) is 25.4 Å². The number of methoxy groups -OCH3 is 1. The molecule has 1 saturated heterocycles.